The zero-order chi connectivity index (χ0) is 14.6. The van der Waals surface area contributed by atoms with Crippen LogP contribution in [0.4, 0.5) is 5.69 Å². The quantitative estimate of drug-likeness (QED) is 0.837. The summed E-state index contributed by atoms with van der Waals surface area (Å²) < 4.78 is 0.556. The van der Waals surface area contributed by atoms with Crippen LogP contribution in [-0.2, 0) is 9.59 Å². The second-order valence-corrected chi connectivity index (χ2v) is 4.67. The van der Waals surface area contributed by atoms with Crippen molar-refractivity contribution < 1.29 is 14.7 Å². The lowest BCUT2D eigenvalue weighted by Crippen LogP contribution is -2.16. The number of amides is 1. The van der Waals surface area contributed by atoms with Gasteiger partial charge in [0, 0.05) is 15.6 Å². The van der Waals surface area contributed by atoms with E-state index in [4.69, 9.17) is 10.4 Å². The minimum absolute atomic E-state index is 0.0118. The fourth-order valence-corrected chi connectivity index (χ4v) is 1.71. The molecule has 0 aliphatic carbocycles. The molecule has 0 bridgehead atoms. The van der Waals surface area contributed by atoms with Crippen LogP contribution < -0.4 is 5.32 Å². The fourth-order valence-electron chi connectivity index (χ4n) is 1.23. The molecule has 0 aliphatic rings. The van der Waals surface area contributed by atoms with Crippen LogP contribution in [0.3, 0.4) is 0 Å². The van der Waals surface area contributed by atoms with E-state index in [1.54, 1.807) is 18.2 Å². The molecule has 0 saturated carbocycles. The number of nitrogens with zero attached hydrogens (tertiary/aromatic N) is 1. The molecule has 98 valence electrons. The first-order chi connectivity index (χ1) is 8.86. The standard InChI is InChI=1S/C13H11BrN2O3/c1-7(8(2)13(18)19)12(17)16-11-4-3-9(6-15)5-10(11)14/h3-5H,1-2H3,(H,16,17)(H,18,19). The molecule has 0 spiro atoms. The lowest BCUT2D eigenvalue weighted by molar-refractivity contribution is -0.133. The zero-order valence-corrected chi connectivity index (χ0v) is 11.9. The van der Waals surface area contributed by atoms with E-state index >= 15 is 0 Å². The van der Waals surface area contributed by atoms with E-state index < -0.39 is 11.9 Å². The molecule has 1 rings (SSSR count). The maximum Gasteiger partial charge on any atom is 0.331 e. The molecule has 5 nitrogen and oxygen atoms in total. The lowest BCUT2D eigenvalue weighted by atomic mass is 10.1. The topological polar surface area (TPSA) is 90.2 Å². The fraction of sp³-hybridized carbons (Fsp3) is 0.154. The van der Waals surface area contributed by atoms with Gasteiger partial charge < -0.3 is 10.4 Å². The summed E-state index contributed by atoms with van der Waals surface area (Å²) in [6, 6.07) is 6.68. The Kier molecular flexibility index (Phi) is 4.84. The average Bonchev–Trinajstić information content (AvgIpc) is 2.38. The van der Waals surface area contributed by atoms with Gasteiger partial charge in [-0.25, -0.2) is 4.79 Å². The number of nitriles is 1. The third-order valence-corrected chi connectivity index (χ3v) is 3.23. The second kappa shape index (κ2) is 6.16. The van der Waals surface area contributed by atoms with Crippen LogP contribution in [0.2, 0.25) is 0 Å². The number of carbonyl (C=O) groups is 2. The number of halogens is 1. The summed E-state index contributed by atoms with van der Waals surface area (Å²) in [5, 5.41) is 20.1. The van der Waals surface area contributed by atoms with Gasteiger partial charge >= 0.3 is 5.97 Å². The smallest absolute Gasteiger partial charge is 0.331 e. The monoisotopic (exact) mass is 322 g/mol. The summed E-state index contributed by atoms with van der Waals surface area (Å²) in [6.07, 6.45) is 0. The van der Waals surface area contributed by atoms with Crippen molar-refractivity contribution in [3.8, 4) is 6.07 Å². The summed E-state index contributed by atoms with van der Waals surface area (Å²) in [7, 11) is 0. The highest BCUT2D eigenvalue weighted by molar-refractivity contribution is 9.10. The molecule has 6 heteroatoms. The first-order valence-corrected chi connectivity index (χ1v) is 6.08. The van der Waals surface area contributed by atoms with Crippen LogP contribution in [0.1, 0.15) is 19.4 Å². The number of nitrogens with one attached hydrogen (secondary N) is 1. The molecule has 1 aromatic rings. The van der Waals surface area contributed by atoms with Gasteiger partial charge in [-0.2, -0.15) is 5.26 Å². The Balaban J connectivity index is 2.99. The third-order valence-electron chi connectivity index (χ3n) is 2.57. The summed E-state index contributed by atoms with van der Waals surface area (Å²) in [5.41, 5.74) is 1.05. The van der Waals surface area contributed by atoms with E-state index in [0.717, 1.165) is 0 Å². The Morgan fingerprint density at radius 3 is 2.42 bits per heavy atom. The number of rotatable bonds is 3. The summed E-state index contributed by atoms with van der Waals surface area (Å²) in [5.74, 6) is -1.63. The van der Waals surface area contributed by atoms with Crippen molar-refractivity contribution in [1.29, 1.82) is 5.26 Å². The van der Waals surface area contributed by atoms with Gasteiger partial charge in [-0.1, -0.05) is 0 Å². The van der Waals surface area contributed by atoms with Crippen LogP contribution in [0.5, 0.6) is 0 Å². The van der Waals surface area contributed by atoms with Gasteiger partial charge in [0.15, 0.2) is 0 Å². The van der Waals surface area contributed by atoms with Gasteiger partial charge in [-0.3, -0.25) is 4.79 Å². The number of carboxylic acid groups (broad SMARTS) is 1. The molecular weight excluding hydrogens is 312 g/mol. The van der Waals surface area contributed by atoms with Crippen molar-refractivity contribution in [3.63, 3.8) is 0 Å². The largest absolute Gasteiger partial charge is 0.478 e. The first-order valence-electron chi connectivity index (χ1n) is 5.28. The Morgan fingerprint density at radius 2 is 1.95 bits per heavy atom. The van der Waals surface area contributed by atoms with Gasteiger partial charge in [0.25, 0.3) is 5.91 Å². The van der Waals surface area contributed by atoms with Crippen molar-refractivity contribution in [2.24, 2.45) is 0 Å². The Bertz CT molecular complexity index is 615. The summed E-state index contributed by atoms with van der Waals surface area (Å²) in [4.78, 5) is 22.6. The zero-order valence-electron chi connectivity index (χ0n) is 10.3. The van der Waals surface area contributed by atoms with Crippen LogP contribution in [0.15, 0.2) is 33.8 Å². The lowest BCUT2D eigenvalue weighted by Gasteiger charge is -2.09. The first kappa shape index (κ1) is 14.9. The van der Waals surface area contributed by atoms with E-state index in [9.17, 15) is 9.59 Å². The van der Waals surface area contributed by atoms with E-state index in [1.165, 1.54) is 13.8 Å². The molecule has 0 radical (unpaired) electrons. The minimum Gasteiger partial charge on any atom is -0.478 e. The number of benzene rings is 1. The van der Waals surface area contributed by atoms with Gasteiger partial charge in [-0.05, 0) is 48.0 Å². The predicted molar refractivity (Wildman–Crippen MR) is 73.5 cm³/mol. The highest BCUT2D eigenvalue weighted by Gasteiger charge is 2.13. The Hall–Kier alpha value is -2.13. The normalized spacial score (nSPS) is 11.3. The average molecular weight is 323 g/mol. The number of hydrogen-bond acceptors (Lipinski definition) is 3. The number of carboxylic acids is 1. The summed E-state index contributed by atoms with van der Waals surface area (Å²) >= 11 is 3.23. The predicted octanol–water partition coefficient (Wildman–Crippen LogP) is 2.68. The second-order valence-electron chi connectivity index (χ2n) is 3.82. The van der Waals surface area contributed by atoms with E-state index in [1.807, 2.05) is 6.07 Å². The molecule has 0 atom stereocenters. The molecule has 19 heavy (non-hydrogen) atoms. The molecule has 0 saturated heterocycles. The third kappa shape index (κ3) is 3.66. The highest BCUT2D eigenvalue weighted by Crippen LogP contribution is 2.24. The maximum absolute atomic E-state index is 11.8. The number of aliphatic carboxylic acids is 1. The number of hydrogen-bond donors (Lipinski definition) is 2. The van der Waals surface area contributed by atoms with Gasteiger partial charge in [-0.15, -0.1) is 0 Å². The highest BCUT2D eigenvalue weighted by atomic mass is 79.9. The Labute approximate surface area is 118 Å². The van der Waals surface area contributed by atoms with Crippen molar-refractivity contribution in [2.45, 2.75) is 13.8 Å². The van der Waals surface area contributed by atoms with Crippen molar-refractivity contribution in [3.05, 3.63) is 39.4 Å². The van der Waals surface area contributed by atoms with Crippen LogP contribution in [0, 0.1) is 11.3 Å². The molecular formula is C13H11BrN2O3. The molecule has 0 aliphatic heterocycles. The van der Waals surface area contributed by atoms with Crippen molar-refractivity contribution in [1.82, 2.24) is 0 Å². The molecule has 1 amide bonds. The molecule has 0 heterocycles. The van der Waals surface area contributed by atoms with E-state index in [-0.39, 0.29) is 11.1 Å². The number of anilines is 1. The number of carbonyl (C=O) groups excluding carboxylic acids is 1. The SMILES string of the molecule is CC(C(=O)O)=C(C)C(=O)Nc1ccc(C#N)cc1Br. The van der Waals surface area contributed by atoms with Crippen molar-refractivity contribution >= 4 is 33.5 Å². The molecule has 2 N–H and O–H groups in total. The summed E-state index contributed by atoms with van der Waals surface area (Å²) in [6.45, 7) is 2.81. The van der Waals surface area contributed by atoms with E-state index in [0.29, 0.717) is 15.7 Å². The van der Waals surface area contributed by atoms with Crippen LogP contribution in [-0.4, -0.2) is 17.0 Å². The van der Waals surface area contributed by atoms with Crippen LogP contribution in [0.25, 0.3) is 0 Å². The minimum atomic E-state index is -1.13. The van der Waals surface area contributed by atoms with Gasteiger partial charge in [0.1, 0.15) is 0 Å². The Morgan fingerprint density at radius 1 is 1.32 bits per heavy atom. The van der Waals surface area contributed by atoms with Crippen molar-refractivity contribution in [2.75, 3.05) is 5.32 Å². The van der Waals surface area contributed by atoms with Gasteiger partial charge in [0.05, 0.1) is 17.3 Å². The van der Waals surface area contributed by atoms with Crippen LogP contribution >= 0.6 is 15.9 Å². The molecule has 1 aromatic carbocycles. The molecule has 0 aromatic heterocycles. The maximum atomic E-state index is 11.8. The molecule has 0 fully saturated rings. The van der Waals surface area contributed by atoms with E-state index in [2.05, 4.69) is 21.2 Å². The molecule has 0 unspecified atom stereocenters. The van der Waals surface area contributed by atoms with Gasteiger partial charge in [0.2, 0.25) is 0 Å².